The molecule has 1 heterocycles. The van der Waals surface area contributed by atoms with E-state index in [-0.39, 0.29) is 5.91 Å². The van der Waals surface area contributed by atoms with Crippen molar-refractivity contribution in [1.82, 2.24) is 10.2 Å². The standard InChI is InChI=1S/C19H26N4O2/c1-4-14-8-6-9-15(5-2)18(14)21-19(24)16-10-11-17(23-22-16)20-12-7-13-25-3/h6,8-11H,4-5,7,12-13H2,1-3H3,(H,20,23)(H,21,24). The molecule has 0 aliphatic carbocycles. The molecule has 1 amide bonds. The smallest absolute Gasteiger partial charge is 0.276 e. The predicted molar refractivity (Wildman–Crippen MR) is 100 cm³/mol. The lowest BCUT2D eigenvalue weighted by atomic mass is 10.0. The number of aryl methyl sites for hydroxylation is 2. The summed E-state index contributed by atoms with van der Waals surface area (Å²) in [5, 5.41) is 14.2. The van der Waals surface area contributed by atoms with Crippen LogP contribution in [-0.2, 0) is 17.6 Å². The first kappa shape index (κ1) is 18.9. The third-order valence-electron chi connectivity index (χ3n) is 3.97. The van der Waals surface area contributed by atoms with Gasteiger partial charge in [0.25, 0.3) is 5.91 Å². The number of nitrogens with one attached hydrogen (secondary N) is 2. The van der Waals surface area contributed by atoms with Gasteiger partial charge < -0.3 is 15.4 Å². The Balaban J connectivity index is 2.04. The van der Waals surface area contributed by atoms with Crippen molar-refractivity contribution in [2.24, 2.45) is 0 Å². The van der Waals surface area contributed by atoms with Gasteiger partial charge in [0.05, 0.1) is 0 Å². The molecule has 0 aliphatic heterocycles. The maximum absolute atomic E-state index is 12.5. The van der Waals surface area contributed by atoms with Crippen molar-refractivity contribution < 1.29 is 9.53 Å². The number of aromatic nitrogens is 2. The molecule has 0 aliphatic rings. The Kier molecular flexibility index (Phi) is 7.35. The van der Waals surface area contributed by atoms with Gasteiger partial charge in [-0.1, -0.05) is 32.0 Å². The predicted octanol–water partition coefficient (Wildman–Crippen LogP) is 3.30. The van der Waals surface area contributed by atoms with E-state index in [0.29, 0.717) is 18.1 Å². The number of amides is 1. The van der Waals surface area contributed by atoms with Gasteiger partial charge in [0.15, 0.2) is 5.69 Å². The zero-order valence-electron chi connectivity index (χ0n) is 15.1. The van der Waals surface area contributed by atoms with E-state index in [4.69, 9.17) is 4.74 Å². The van der Waals surface area contributed by atoms with Crippen molar-refractivity contribution in [2.75, 3.05) is 30.9 Å². The van der Waals surface area contributed by atoms with E-state index in [0.717, 1.165) is 42.6 Å². The molecule has 2 aromatic rings. The zero-order chi connectivity index (χ0) is 18.1. The first-order valence-corrected chi connectivity index (χ1v) is 8.68. The third-order valence-corrected chi connectivity index (χ3v) is 3.97. The number of anilines is 2. The molecule has 0 radical (unpaired) electrons. The molecule has 0 bridgehead atoms. The van der Waals surface area contributed by atoms with Crippen LogP contribution < -0.4 is 10.6 Å². The topological polar surface area (TPSA) is 76.1 Å². The number of benzene rings is 1. The van der Waals surface area contributed by atoms with Gasteiger partial charge in [0.2, 0.25) is 0 Å². The highest BCUT2D eigenvalue weighted by Crippen LogP contribution is 2.23. The minimum Gasteiger partial charge on any atom is -0.385 e. The maximum atomic E-state index is 12.5. The first-order chi connectivity index (χ1) is 12.2. The molecular weight excluding hydrogens is 316 g/mol. The van der Waals surface area contributed by atoms with E-state index in [1.54, 1.807) is 19.2 Å². The van der Waals surface area contributed by atoms with E-state index in [2.05, 4.69) is 34.7 Å². The molecule has 0 atom stereocenters. The summed E-state index contributed by atoms with van der Waals surface area (Å²) in [6, 6.07) is 9.54. The van der Waals surface area contributed by atoms with Gasteiger partial charge in [-0.25, -0.2) is 0 Å². The van der Waals surface area contributed by atoms with Gasteiger partial charge in [-0.05, 0) is 42.5 Å². The van der Waals surface area contributed by atoms with Crippen molar-refractivity contribution in [3.8, 4) is 0 Å². The van der Waals surface area contributed by atoms with E-state index >= 15 is 0 Å². The third kappa shape index (κ3) is 5.26. The average molecular weight is 342 g/mol. The van der Waals surface area contributed by atoms with Crippen molar-refractivity contribution in [2.45, 2.75) is 33.1 Å². The Bertz CT molecular complexity index is 664. The number of hydrogen-bond donors (Lipinski definition) is 2. The fourth-order valence-corrected chi connectivity index (χ4v) is 2.56. The summed E-state index contributed by atoms with van der Waals surface area (Å²) >= 11 is 0. The van der Waals surface area contributed by atoms with Crippen LogP contribution in [0, 0.1) is 0 Å². The molecule has 0 fully saturated rings. The fourth-order valence-electron chi connectivity index (χ4n) is 2.56. The monoisotopic (exact) mass is 342 g/mol. The molecule has 6 heteroatoms. The second kappa shape index (κ2) is 9.74. The summed E-state index contributed by atoms with van der Waals surface area (Å²) in [5.74, 6) is 0.407. The molecule has 0 unspecified atom stereocenters. The van der Waals surface area contributed by atoms with Crippen LogP contribution in [0.2, 0.25) is 0 Å². The second-order valence-corrected chi connectivity index (χ2v) is 5.69. The Hall–Kier alpha value is -2.47. The summed E-state index contributed by atoms with van der Waals surface area (Å²) in [6.07, 6.45) is 2.60. The Morgan fingerprint density at radius 2 is 1.80 bits per heavy atom. The van der Waals surface area contributed by atoms with Crippen LogP contribution in [-0.4, -0.2) is 36.4 Å². The Labute approximate surface area is 149 Å². The van der Waals surface area contributed by atoms with E-state index < -0.39 is 0 Å². The minimum atomic E-state index is -0.242. The highest BCUT2D eigenvalue weighted by Gasteiger charge is 2.13. The lowest BCUT2D eigenvalue weighted by Gasteiger charge is -2.14. The van der Waals surface area contributed by atoms with Crippen LogP contribution in [0.15, 0.2) is 30.3 Å². The van der Waals surface area contributed by atoms with Crippen molar-refractivity contribution in [1.29, 1.82) is 0 Å². The molecular formula is C19H26N4O2. The highest BCUT2D eigenvalue weighted by atomic mass is 16.5. The number of carbonyl (C=O) groups excluding carboxylic acids is 1. The van der Waals surface area contributed by atoms with Crippen molar-refractivity contribution >= 4 is 17.4 Å². The summed E-state index contributed by atoms with van der Waals surface area (Å²) < 4.78 is 5.00. The van der Waals surface area contributed by atoms with E-state index in [1.807, 2.05) is 18.2 Å². The number of ether oxygens (including phenoxy) is 1. The molecule has 25 heavy (non-hydrogen) atoms. The number of methoxy groups -OCH3 is 1. The van der Waals surface area contributed by atoms with Crippen LogP contribution in [0.3, 0.4) is 0 Å². The highest BCUT2D eigenvalue weighted by molar-refractivity contribution is 6.03. The molecule has 134 valence electrons. The van der Waals surface area contributed by atoms with Gasteiger partial charge in [-0.2, -0.15) is 0 Å². The quantitative estimate of drug-likeness (QED) is 0.684. The van der Waals surface area contributed by atoms with Crippen LogP contribution in [0.4, 0.5) is 11.5 Å². The van der Waals surface area contributed by atoms with Gasteiger partial charge in [0, 0.05) is 25.9 Å². The fraction of sp³-hybridized carbons (Fsp3) is 0.421. The molecule has 0 saturated carbocycles. The van der Waals surface area contributed by atoms with Gasteiger partial charge in [-0.15, -0.1) is 10.2 Å². The lowest BCUT2D eigenvalue weighted by molar-refractivity contribution is 0.102. The summed E-state index contributed by atoms with van der Waals surface area (Å²) in [4.78, 5) is 12.5. The SMILES string of the molecule is CCc1cccc(CC)c1NC(=O)c1ccc(NCCCOC)nn1. The number of carbonyl (C=O) groups is 1. The largest absolute Gasteiger partial charge is 0.385 e. The van der Waals surface area contributed by atoms with Crippen LogP contribution in [0.5, 0.6) is 0 Å². The number of hydrogen-bond acceptors (Lipinski definition) is 5. The van der Waals surface area contributed by atoms with E-state index in [1.165, 1.54) is 0 Å². The molecule has 0 saturated heterocycles. The molecule has 2 rings (SSSR count). The molecule has 1 aromatic heterocycles. The zero-order valence-corrected chi connectivity index (χ0v) is 15.1. The van der Waals surface area contributed by atoms with E-state index in [9.17, 15) is 4.79 Å². The number of nitrogens with zero attached hydrogens (tertiary/aromatic N) is 2. The first-order valence-electron chi connectivity index (χ1n) is 8.68. The Morgan fingerprint density at radius 3 is 2.36 bits per heavy atom. The van der Waals surface area contributed by atoms with Crippen LogP contribution in [0.25, 0.3) is 0 Å². The Morgan fingerprint density at radius 1 is 1.08 bits per heavy atom. The maximum Gasteiger partial charge on any atom is 0.276 e. The molecule has 1 aromatic carbocycles. The number of rotatable bonds is 9. The average Bonchev–Trinajstić information content (AvgIpc) is 2.65. The molecule has 2 N–H and O–H groups in total. The minimum absolute atomic E-state index is 0.242. The van der Waals surface area contributed by atoms with Gasteiger partial charge >= 0.3 is 0 Å². The van der Waals surface area contributed by atoms with Gasteiger partial charge in [-0.3, -0.25) is 4.79 Å². The number of para-hydroxylation sites is 1. The normalized spacial score (nSPS) is 10.5. The summed E-state index contributed by atoms with van der Waals surface area (Å²) in [5.41, 5.74) is 3.44. The van der Waals surface area contributed by atoms with Gasteiger partial charge in [0.1, 0.15) is 5.82 Å². The van der Waals surface area contributed by atoms with Crippen molar-refractivity contribution in [3.05, 3.63) is 47.2 Å². The van der Waals surface area contributed by atoms with Crippen molar-refractivity contribution in [3.63, 3.8) is 0 Å². The summed E-state index contributed by atoms with van der Waals surface area (Å²) in [6.45, 7) is 5.60. The lowest BCUT2D eigenvalue weighted by Crippen LogP contribution is -2.17. The summed E-state index contributed by atoms with van der Waals surface area (Å²) in [7, 11) is 1.67. The van der Waals surface area contributed by atoms with Crippen LogP contribution >= 0.6 is 0 Å². The molecule has 6 nitrogen and oxygen atoms in total. The second-order valence-electron chi connectivity index (χ2n) is 5.69. The molecule has 0 spiro atoms. The van der Waals surface area contributed by atoms with Crippen LogP contribution in [0.1, 0.15) is 41.9 Å².